The fourth-order valence-electron chi connectivity index (χ4n) is 0.589. The molecule has 0 aliphatic rings. The van der Waals surface area contributed by atoms with E-state index in [-0.39, 0.29) is 19.1 Å². The van der Waals surface area contributed by atoms with Crippen molar-refractivity contribution in [1.29, 1.82) is 0 Å². The van der Waals surface area contributed by atoms with Crippen molar-refractivity contribution in [1.82, 2.24) is 5.32 Å². The van der Waals surface area contributed by atoms with Crippen molar-refractivity contribution in [2.45, 2.75) is 6.42 Å². The van der Waals surface area contributed by atoms with Gasteiger partial charge >= 0.3 is 0 Å². The van der Waals surface area contributed by atoms with Crippen LogP contribution in [0.25, 0.3) is 0 Å². The van der Waals surface area contributed by atoms with E-state index in [4.69, 9.17) is 10.2 Å². The Morgan fingerprint density at radius 1 is 1.33 bits per heavy atom. The van der Waals surface area contributed by atoms with Gasteiger partial charge in [-0.25, -0.2) is 0 Å². The van der Waals surface area contributed by atoms with E-state index in [1.807, 2.05) is 7.05 Å². The van der Waals surface area contributed by atoms with E-state index in [2.05, 4.69) is 5.32 Å². The molecule has 0 aromatic rings. The van der Waals surface area contributed by atoms with Crippen molar-refractivity contribution in [2.75, 3.05) is 26.8 Å². The minimum atomic E-state index is 0.0532. The second kappa shape index (κ2) is 6.01. The Morgan fingerprint density at radius 3 is 2.22 bits per heavy atom. The molecule has 0 unspecified atom stereocenters. The van der Waals surface area contributed by atoms with Gasteiger partial charge in [0.2, 0.25) is 0 Å². The molecule has 0 heterocycles. The lowest BCUT2D eigenvalue weighted by Gasteiger charge is -2.08. The van der Waals surface area contributed by atoms with E-state index < -0.39 is 0 Å². The second-order valence-electron chi connectivity index (χ2n) is 2.12. The summed E-state index contributed by atoms with van der Waals surface area (Å²) in [6, 6.07) is 0. The predicted molar refractivity (Wildman–Crippen MR) is 36.2 cm³/mol. The van der Waals surface area contributed by atoms with Gasteiger partial charge in [-0.15, -0.1) is 0 Å². The average Bonchev–Trinajstić information content (AvgIpc) is 1.91. The molecule has 0 saturated heterocycles. The van der Waals surface area contributed by atoms with Gasteiger partial charge in [0.25, 0.3) is 0 Å². The zero-order valence-electron chi connectivity index (χ0n) is 5.80. The second-order valence-corrected chi connectivity index (χ2v) is 2.12. The maximum absolute atomic E-state index is 8.56. The summed E-state index contributed by atoms with van der Waals surface area (Å²) in [6.45, 7) is 1.02. The molecule has 3 heteroatoms. The van der Waals surface area contributed by atoms with Crippen LogP contribution in [0.15, 0.2) is 0 Å². The molecule has 0 amide bonds. The maximum Gasteiger partial charge on any atom is 0.0481 e. The van der Waals surface area contributed by atoms with Gasteiger partial charge in [0.05, 0.1) is 0 Å². The molecule has 0 radical (unpaired) electrons. The summed E-state index contributed by atoms with van der Waals surface area (Å²) < 4.78 is 0. The molecule has 3 nitrogen and oxygen atoms in total. The molecular formula is C6H15NO2. The molecule has 0 aliphatic heterocycles. The van der Waals surface area contributed by atoms with Gasteiger partial charge < -0.3 is 15.5 Å². The Morgan fingerprint density at radius 2 is 1.89 bits per heavy atom. The van der Waals surface area contributed by atoms with Crippen LogP contribution in [-0.2, 0) is 0 Å². The van der Waals surface area contributed by atoms with Gasteiger partial charge in [-0.1, -0.05) is 0 Å². The molecule has 9 heavy (non-hydrogen) atoms. The smallest absolute Gasteiger partial charge is 0.0481 e. The standard InChI is InChI=1S/C6H15NO2/c1-7-3-2-6(4-8)5-9/h6-9H,2-5H2,1H3. The van der Waals surface area contributed by atoms with Crippen molar-refractivity contribution in [2.24, 2.45) is 5.92 Å². The molecule has 0 aromatic carbocycles. The number of aliphatic hydroxyl groups excluding tert-OH is 2. The van der Waals surface area contributed by atoms with Gasteiger partial charge in [0, 0.05) is 19.1 Å². The third kappa shape index (κ3) is 4.39. The topological polar surface area (TPSA) is 52.5 Å². The monoisotopic (exact) mass is 133 g/mol. The van der Waals surface area contributed by atoms with E-state index in [1.165, 1.54) is 0 Å². The Kier molecular flexibility index (Phi) is 5.93. The fraction of sp³-hybridized carbons (Fsp3) is 1.00. The van der Waals surface area contributed by atoms with Gasteiger partial charge in [0.1, 0.15) is 0 Å². The van der Waals surface area contributed by atoms with E-state index in [1.54, 1.807) is 0 Å². The van der Waals surface area contributed by atoms with E-state index in [0.29, 0.717) is 0 Å². The number of aliphatic hydroxyl groups is 2. The van der Waals surface area contributed by atoms with Gasteiger partial charge in [-0.05, 0) is 20.0 Å². The highest BCUT2D eigenvalue weighted by Gasteiger charge is 2.02. The van der Waals surface area contributed by atoms with E-state index in [0.717, 1.165) is 13.0 Å². The van der Waals surface area contributed by atoms with Crippen LogP contribution in [-0.4, -0.2) is 37.0 Å². The number of hydrogen-bond donors (Lipinski definition) is 3. The summed E-state index contributed by atoms with van der Waals surface area (Å²) in [5.41, 5.74) is 0. The summed E-state index contributed by atoms with van der Waals surface area (Å²) >= 11 is 0. The third-order valence-corrected chi connectivity index (χ3v) is 1.32. The lowest BCUT2D eigenvalue weighted by Crippen LogP contribution is -2.18. The quantitative estimate of drug-likeness (QED) is 0.460. The summed E-state index contributed by atoms with van der Waals surface area (Å²) in [5.74, 6) is 0.0532. The highest BCUT2D eigenvalue weighted by molar-refractivity contribution is 4.55. The first-order valence-corrected chi connectivity index (χ1v) is 3.21. The highest BCUT2D eigenvalue weighted by Crippen LogP contribution is 1.97. The molecule has 0 spiro atoms. The molecule has 0 atom stereocenters. The largest absolute Gasteiger partial charge is 0.396 e. The maximum atomic E-state index is 8.56. The SMILES string of the molecule is CNCCC(CO)CO. The minimum Gasteiger partial charge on any atom is -0.396 e. The van der Waals surface area contributed by atoms with Gasteiger partial charge in [0.15, 0.2) is 0 Å². The van der Waals surface area contributed by atoms with Crippen molar-refractivity contribution in [3.8, 4) is 0 Å². The molecule has 0 fully saturated rings. The van der Waals surface area contributed by atoms with Crippen LogP contribution in [0.1, 0.15) is 6.42 Å². The molecule has 0 aromatic heterocycles. The van der Waals surface area contributed by atoms with Crippen molar-refractivity contribution in [3.05, 3.63) is 0 Å². The predicted octanol–water partition coefficient (Wildman–Crippen LogP) is -0.803. The first-order chi connectivity index (χ1) is 4.35. The zero-order valence-corrected chi connectivity index (χ0v) is 5.80. The average molecular weight is 133 g/mol. The Bertz CT molecular complexity index is 55.0. The Labute approximate surface area is 55.7 Å². The lowest BCUT2D eigenvalue weighted by molar-refractivity contribution is 0.144. The first-order valence-electron chi connectivity index (χ1n) is 3.21. The van der Waals surface area contributed by atoms with Crippen LogP contribution in [0.2, 0.25) is 0 Å². The normalized spacial score (nSPS) is 10.7. The third-order valence-electron chi connectivity index (χ3n) is 1.32. The highest BCUT2D eigenvalue weighted by atomic mass is 16.3. The van der Waals surface area contributed by atoms with Crippen molar-refractivity contribution in [3.63, 3.8) is 0 Å². The van der Waals surface area contributed by atoms with Gasteiger partial charge in [-0.3, -0.25) is 0 Å². The van der Waals surface area contributed by atoms with Crippen LogP contribution in [0, 0.1) is 5.92 Å². The molecule has 0 aliphatic carbocycles. The molecule has 3 N–H and O–H groups in total. The summed E-state index contributed by atoms with van der Waals surface area (Å²) in [7, 11) is 1.85. The fourth-order valence-corrected chi connectivity index (χ4v) is 0.589. The van der Waals surface area contributed by atoms with Crippen LogP contribution in [0.5, 0.6) is 0 Å². The number of hydrogen-bond acceptors (Lipinski definition) is 3. The van der Waals surface area contributed by atoms with Crippen LogP contribution in [0.3, 0.4) is 0 Å². The van der Waals surface area contributed by atoms with Crippen molar-refractivity contribution >= 4 is 0 Å². The Balaban J connectivity index is 3.09. The molecule has 56 valence electrons. The number of rotatable bonds is 5. The summed E-state index contributed by atoms with van der Waals surface area (Å²) in [6.07, 6.45) is 0.837. The zero-order chi connectivity index (χ0) is 7.11. The Hall–Kier alpha value is -0.120. The summed E-state index contributed by atoms with van der Waals surface area (Å²) in [4.78, 5) is 0. The van der Waals surface area contributed by atoms with E-state index >= 15 is 0 Å². The van der Waals surface area contributed by atoms with Crippen LogP contribution < -0.4 is 5.32 Å². The van der Waals surface area contributed by atoms with Gasteiger partial charge in [-0.2, -0.15) is 0 Å². The lowest BCUT2D eigenvalue weighted by atomic mass is 10.1. The first kappa shape index (κ1) is 8.88. The molecule has 0 rings (SSSR count). The molecule has 0 bridgehead atoms. The minimum absolute atomic E-state index is 0.0532. The molecular weight excluding hydrogens is 118 g/mol. The number of nitrogens with one attached hydrogen (secondary N) is 1. The van der Waals surface area contributed by atoms with Crippen LogP contribution in [0.4, 0.5) is 0 Å². The molecule has 0 saturated carbocycles. The summed E-state index contributed by atoms with van der Waals surface area (Å²) in [5, 5.41) is 20.1. The van der Waals surface area contributed by atoms with Crippen molar-refractivity contribution < 1.29 is 10.2 Å². The van der Waals surface area contributed by atoms with Crippen LogP contribution >= 0.6 is 0 Å². The van der Waals surface area contributed by atoms with E-state index in [9.17, 15) is 0 Å².